The standard InChI is InChI=1S/2C6H15BrTe.4BrH.Ti/c2*1-4-8(7,5-2)6-3;;;;;/h2*4-6H2,1-3H3;4*1H;/q;;;;;;+4/p-4. The molecule has 0 aromatic rings. The summed E-state index contributed by atoms with van der Waals surface area (Å²) < 4.78 is 8.56. The Balaban J connectivity index is -0.000000239. The van der Waals surface area contributed by atoms with E-state index in [1.165, 1.54) is 26.8 Å². The van der Waals surface area contributed by atoms with E-state index in [1.807, 2.05) is 0 Å². The van der Waals surface area contributed by atoms with Gasteiger partial charge in [-0.05, 0) is 0 Å². The van der Waals surface area contributed by atoms with E-state index >= 15 is 0 Å². The predicted octanol–water partition coefficient (Wildman–Crippen LogP) is 10.2. The maximum atomic E-state index is 3.87. The first-order valence-corrected chi connectivity index (χ1v) is 42.8. The van der Waals surface area contributed by atoms with Gasteiger partial charge in [0.1, 0.15) is 0 Å². The van der Waals surface area contributed by atoms with E-state index in [1.54, 1.807) is 0 Å². The van der Waals surface area contributed by atoms with Crippen LogP contribution in [0.1, 0.15) is 41.5 Å². The summed E-state index contributed by atoms with van der Waals surface area (Å²) in [6, 6.07) is 0. The molecule has 0 aliphatic rings. The third kappa shape index (κ3) is 25.2. The summed E-state index contributed by atoms with van der Waals surface area (Å²) in [6.07, 6.45) is 0. The first-order chi connectivity index (χ1) is 9.36. The van der Waals surface area contributed by atoms with Gasteiger partial charge in [0.2, 0.25) is 0 Å². The van der Waals surface area contributed by atoms with Crippen LogP contribution in [-0.4, -0.2) is 31.9 Å². The summed E-state index contributed by atoms with van der Waals surface area (Å²) in [5.74, 6) is 0. The molecule has 0 fully saturated rings. The summed E-state index contributed by atoms with van der Waals surface area (Å²) in [5, 5.41) is 0. The van der Waals surface area contributed by atoms with Crippen LogP contribution < -0.4 is 0 Å². The molecule has 0 radical (unpaired) electrons. The molecule has 0 N–H and O–H groups in total. The molecule has 9 heteroatoms. The summed E-state index contributed by atoms with van der Waals surface area (Å²) in [6.45, 7) is 13.9. The van der Waals surface area contributed by atoms with E-state index in [2.05, 4.69) is 120 Å². The Bertz CT molecular complexity index is 190. The fraction of sp³-hybridized carbons (Fsp3) is 1.00. The van der Waals surface area contributed by atoms with E-state index in [-0.39, 0.29) is 0 Å². The number of rotatable bonds is 6. The molecule has 0 aromatic carbocycles. The van der Waals surface area contributed by atoms with Gasteiger partial charge in [-0.25, -0.2) is 0 Å². The molecular formula is C12H30Br6Te2Ti. The van der Waals surface area contributed by atoms with Gasteiger partial charge in [0.25, 0.3) is 0 Å². The molecule has 0 nitrogen and oxygen atoms in total. The van der Waals surface area contributed by atoms with Crippen LogP contribution in [0, 0.1) is 0 Å². The van der Waals surface area contributed by atoms with Crippen molar-refractivity contribution in [2.45, 2.75) is 68.4 Å². The molecule has 0 atom stereocenters. The van der Waals surface area contributed by atoms with Crippen molar-refractivity contribution in [3.05, 3.63) is 0 Å². The van der Waals surface area contributed by atoms with Crippen molar-refractivity contribution in [3.8, 4) is 0 Å². The summed E-state index contributed by atoms with van der Waals surface area (Å²) in [7, 11) is -1.75. The monoisotopic (exact) mass is 956 g/mol. The Morgan fingerprint density at radius 1 is 0.524 bits per heavy atom. The van der Waals surface area contributed by atoms with Gasteiger partial charge in [0.05, 0.1) is 0 Å². The van der Waals surface area contributed by atoms with Crippen LogP contribution in [0.4, 0.5) is 0 Å². The summed E-state index contributed by atoms with van der Waals surface area (Å²) in [5.41, 5.74) is 0. The van der Waals surface area contributed by atoms with Crippen molar-refractivity contribution in [3.63, 3.8) is 0 Å². The van der Waals surface area contributed by atoms with Crippen LogP contribution >= 0.6 is 78.2 Å². The Kier molecular flexibility index (Phi) is 25.4. The van der Waals surface area contributed by atoms with E-state index in [0.717, 1.165) is 0 Å². The molecule has 0 saturated heterocycles. The molecule has 0 aromatic heterocycles. The van der Waals surface area contributed by atoms with Gasteiger partial charge in [0, 0.05) is 0 Å². The molecular weight excluding hydrogens is 927 g/mol. The predicted molar refractivity (Wildman–Crippen MR) is 128 cm³/mol. The summed E-state index contributed by atoms with van der Waals surface area (Å²) in [4.78, 5) is 0. The molecule has 136 valence electrons. The third-order valence-electron chi connectivity index (χ3n) is 3.10. The average Bonchev–Trinajstić information content (AvgIpc) is 2.44. The summed E-state index contributed by atoms with van der Waals surface area (Å²) >= 11 is 18.3. The van der Waals surface area contributed by atoms with Gasteiger partial charge < -0.3 is 0 Å². The van der Waals surface area contributed by atoms with Crippen LogP contribution in [0.5, 0.6) is 0 Å². The van der Waals surface area contributed by atoms with Crippen molar-refractivity contribution < 1.29 is 8.21 Å². The topological polar surface area (TPSA) is 0 Å². The first-order valence-electron chi connectivity index (χ1n) is 7.04. The van der Waals surface area contributed by atoms with E-state index in [9.17, 15) is 0 Å². The van der Waals surface area contributed by atoms with Crippen molar-refractivity contribution in [2.75, 3.05) is 0 Å². The van der Waals surface area contributed by atoms with Crippen molar-refractivity contribution in [1.29, 1.82) is 0 Å². The Hall–Kier alpha value is 5.17. The minimum atomic E-state index is -1.75. The number of hydrogen-bond acceptors (Lipinski definition) is 0. The van der Waals surface area contributed by atoms with Gasteiger partial charge in [-0.15, -0.1) is 0 Å². The van der Waals surface area contributed by atoms with Gasteiger partial charge in [-0.2, -0.15) is 0 Å². The zero-order valence-electron chi connectivity index (χ0n) is 13.8. The fourth-order valence-electron chi connectivity index (χ4n) is 1.22. The molecule has 0 amide bonds. The Morgan fingerprint density at radius 3 is 0.619 bits per heavy atom. The van der Waals surface area contributed by atoms with E-state index in [0.29, 0.717) is 0 Å². The molecule has 0 unspecified atom stereocenters. The molecule has 0 saturated carbocycles. The normalized spacial score (nSPS) is 13.5. The molecule has 0 spiro atoms. The first kappa shape index (κ1) is 30.9. The number of hydrogen-bond donors (Lipinski definition) is 0. The van der Waals surface area contributed by atoms with Crippen molar-refractivity contribution in [2.24, 2.45) is 0 Å². The van der Waals surface area contributed by atoms with Gasteiger partial charge >= 0.3 is 187 Å². The van der Waals surface area contributed by atoms with Gasteiger partial charge in [-0.3, -0.25) is 0 Å². The zero-order chi connectivity index (χ0) is 17.7. The Morgan fingerprint density at radius 2 is 0.619 bits per heavy atom. The second-order valence-corrected chi connectivity index (χ2v) is 90.4. The molecule has 21 heavy (non-hydrogen) atoms. The van der Waals surface area contributed by atoms with E-state index < -0.39 is 40.2 Å². The van der Waals surface area contributed by atoms with Gasteiger partial charge in [0.15, 0.2) is 0 Å². The third-order valence-corrected chi connectivity index (χ3v) is 39.3. The molecule has 0 aliphatic carbocycles. The van der Waals surface area contributed by atoms with Crippen LogP contribution in [-0.2, 0) is 8.21 Å². The van der Waals surface area contributed by atoms with Gasteiger partial charge in [-0.1, -0.05) is 0 Å². The average molecular weight is 957 g/mol. The quantitative estimate of drug-likeness (QED) is 0.233. The zero-order valence-corrected chi connectivity index (χ0v) is 29.6. The van der Waals surface area contributed by atoms with Crippen LogP contribution in [0.15, 0.2) is 0 Å². The second-order valence-electron chi connectivity index (χ2n) is 4.04. The van der Waals surface area contributed by atoms with Crippen LogP contribution in [0.2, 0.25) is 26.8 Å². The fourth-order valence-corrected chi connectivity index (χ4v) is 8.22. The molecule has 0 rings (SSSR count). The minimum absolute atomic E-state index is 1.34. The number of halogens is 6. The maximum absolute atomic E-state index is 3.87. The Labute approximate surface area is 182 Å². The van der Waals surface area contributed by atoms with Crippen LogP contribution in [0.25, 0.3) is 0 Å². The van der Waals surface area contributed by atoms with Crippen LogP contribution in [0.3, 0.4) is 0 Å². The SMILES string of the molecule is CC[Te](Br)(CC)CC.CC[Te](Br)(CC)CC.[Br][Ti]([Br])([Br])[Br]. The molecule has 0 bridgehead atoms. The van der Waals surface area contributed by atoms with E-state index in [4.69, 9.17) is 0 Å². The molecule has 0 aliphatic heterocycles. The molecule has 0 heterocycles. The van der Waals surface area contributed by atoms with Crippen molar-refractivity contribution >= 4 is 110 Å². The van der Waals surface area contributed by atoms with Crippen molar-refractivity contribution in [1.82, 2.24) is 0 Å². The second kappa shape index (κ2) is 17.3.